The molecule has 0 atom stereocenters. The van der Waals surface area contributed by atoms with E-state index in [-0.39, 0.29) is 5.56 Å². The third kappa shape index (κ3) is 2.45. The number of carboxylic acids is 1. The standard InChI is InChI=1S/C17H13NO2/c1-2-6-14-15(17(19)20)10-9-13(11-18)16(14)12-7-4-3-5-8-12/h2-5,7-10H,1,6H2,(H,19,20). The van der Waals surface area contributed by atoms with Crippen molar-refractivity contribution in [2.24, 2.45) is 0 Å². The van der Waals surface area contributed by atoms with Gasteiger partial charge in [-0.3, -0.25) is 0 Å². The van der Waals surface area contributed by atoms with Gasteiger partial charge in [-0.2, -0.15) is 5.26 Å². The highest BCUT2D eigenvalue weighted by Crippen LogP contribution is 2.30. The Bertz CT molecular complexity index is 697. The van der Waals surface area contributed by atoms with Gasteiger partial charge >= 0.3 is 5.97 Å². The first-order valence-corrected chi connectivity index (χ1v) is 6.14. The summed E-state index contributed by atoms with van der Waals surface area (Å²) in [4.78, 5) is 11.4. The molecule has 0 unspecified atom stereocenters. The minimum absolute atomic E-state index is 0.211. The molecule has 2 aromatic carbocycles. The van der Waals surface area contributed by atoms with Gasteiger partial charge in [0.05, 0.1) is 17.2 Å². The second kappa shape index (κ2) is 5.85. The highest BCUT2D eigenvalue weighted by atomic mass is 16.4. The predicted octanol–water partition coefficient (Wildman–Crippen LogP) is 3.65. The van der Waals surface area contributed by atoms with Crippen LogP contribution >= 0.6 is 0 Å². The van der Waals surface area contributed by atoms with E-state index in [0.29, 0.717) is 23.1 Å². The lowest BCUT2D eigenvalue weighted by Crippen LogP contribution is -2.05. The average molecular weight is 263 g/mol. The van der Waals surface area contributed by atoms with Crippen LogP contribution in [0.2, 0.25) is 0 Å². The molecule has 1 N–H and O–H groups in total. The first kappa shape index (κ1) is 13.6. The molecule has 3 nitrogen and oxygen atoms in total. The summed E-state index contributed by atoms with van der Waals surface area (Å²) < 4.78 is 0. The molecule has 3 heteroatoms. The number of carboxylic acid groups (broad SMARTS) is 1. The minimum Gasteiger partial charge on any atom is -0.478 e. The van der Waals surface area contributed by atoms with E-state index in [9.17, 15) is 15.2 Å². The summed E-state index contributed by atoms with van der Waals surface area (Å²) in [5.74, 6) is -0.997. The van der Waals surface area contributed by atoms with E-state index in [2.05, 4.69) is 12.6 Å². The van der Waals surface area contributed by atoms with Crippen LogP contribution < -0.4 is 0 Å². The van der Waals surface area contributed by atoms with Gasteiger partial charge in [0, 0.05) is 5.56 Å². The fourth-order valence-electron chi connectivity index (χ4n) is 2.23. The number of benzene rings is 2. The monoisotopic (exact) mass is 263 g/mol. The van der Waals surface area contributed by atoms with Gasteiger partial charge in [0.15, 0.2) is 0 Å². The molecular formula is C17H13NO2. The zero-order valence-electron chi connectivity index (χ0n) is 10.8. The largest absolute Gasteiger partial charge is 0.478 e. The molecule has 0 aliphatic heterocycles. The van der Waals surface area contributed by atoms with Crippen molar-refractivity contribution in [2.45, 2.75) is 6.42 Å². The maximum absolute atomic E-state index is 11.4. The molecule has 0 fully saturated rings. The summed E-state index contributed by atoms with van der Waals surface area (Å²) in [7, 11) is 0. The summed E-state index contributed by atoms with van der Waals surface area (Å²) in [5.41, 5.74) is 2.82. The van der Waals surface area contributed by atoms with E-state index < -0.39 is 5.97 Å². The van der Waals surface area contributed by atoms with Gasteiger partial charge in [-0.05, 0) is 29.7 Å². The van der Waals surface area contributed by atoms with E-state index in [1.54, 1.807) is 12.1 Å². The molecule has 0 spiro atoms. The van der Waals surface area contributed by atoms with Crippen molar-refractivity contribution in [1.82, 2.24) is 0 Å². The van der Waals surface area contributed by atoms with Crippen LogP contribution in [-0.2, 0) is 6.42 Å². The van der Waals surface area contributed by atoms with Crippen LogP contribution in [-0.4, -0.2) is 11.1 Å². The van der Waals surface area contributed by atoms with Gasteiger partial charge in [0.2, 0.25) is 0 Å². The Kier molecular flexibility index (Phi) is 3.97. The van der Waals surface area contributed by atoms with Gasteiger partial charge in [0.1, 0.15) is 0 Å². The molecule has 98 valence electrons. The number of nitriles is 1. The Hall–Kier alpha value is -2.86. The van der Waals surface area contributed by atoms with Gasteiger partial charge in [-0.25, -0.2) is 4.79 Å². The Morgan fingerprint density at radius 1 is 1.25 bits per heavy atom. The molecule has 0 saturated carbocycles. The highest BCUT2D eigenvalue weighted by molar-refractivity contribution is 5.93. The first-order valence-electron chi connectivity index (χ1n) is 6.14. The van der Waals surface area contributed by atoms with Crippen LogP contribution in [0.15, 0.2) is 55.1 Å². The Morgan fingerprint density at radius 2 is 1.95 bits per heavy atom. The van der Waals surface area contributed by atoms with Crippen molar-refractivity contribution in [1.29, 1.82) is 5.26 Å². The third-order valence-electron chi connectivity index (χ3n) is 3.07. The summed E-state index contributed by atoms with van der Waals surface area (Å²) in [5, 5.41) is 18.6. The molecule has 0 bridgehead atoms. The zero-order chi connectivity index (χ0) is 14.5. The number of aromatic carboxylic acids is 1. The highest BCUT2D eigenvalue weighted by Gasteiger charge is 2.17. The van der Waals surface area contributed by atoms with Crippen molar-refractivity contribution in [3.8, 4) is 17.2 Å². The quantitative estimate of drug-likeness (QED) is 0.856. The second-order valence-electron chi connectivity index (χ2n) is 4.29. The fraction of sp³-hybridized carbons (Fsp3) is 0.0588. The van der Waals surface area contributed by atoms with Crippen LogP contribution in [0.25, 0.3) is 11.1 Å². The maximum atomic E-state index is 11.4. The van der Waals surface area contributed by atoms with E-state index in [0.717, 1.165) is 5.56 Å². The number of allylic oxidation sites excluding steroid dienone is 1. The van der Waals surface area contributed by atoms with E-state index in [1.165, 1.54) is 6.07 Å². The molecule has 0 aliphatic carbocycles. The molecule has 2 rings (SSSR count). The van der Waals surface area contributed by atoms with Crippen molar-refractivity contribution in [3.63, 3.8) is 0 Å². The minimum atomic E-state index is -0.997. The van der Waals surface area contributed by atoms with Gasteiger partial charge in [0.25, 0.3) is 0 Å². The molecule has 0 amide bonds. The van der Waals surface area contributed by atoms with Gasteiger partial charge < -0.3 is 5.11 Å². The van der Waals surface area contributed by atoms with Crippen LogP contribution in [0.1, 0.15) is 21.5 Å². The SMILES string of the molecule is C=CCc1c(C(=O)O)ccc(C#N)c1-c1ccccc1. The molecule has 2 aromatic rings. The van der Waals surface area contributed by atoms with Gasteiger partial charge in [-0.1, -0.05) is 36.4 Å². The molecule has 0 aliphatic rings. The molecule has 0 radical (unpaired) electrons. The van der Waals surface area contributed by atoms with Gasteiger partial charge in [-0.15, -0.1) is 6.58 Å². The van der Waals surface area contributed by atoms with E-state index in [1.807, 2.05) is 30.3 Å². The number of nitrogens with zero attached hydrogens (tertiary/aromatic N) is 1. The number of hydrogen-bond donors (Lipinski definition) is 1. The maximum Gasteiger partial charge on any atom is 0.335 e. The van der Waals surface area contributed by atoms with Crippen LogP contribution in [0.5, 0.6) is 0 Å². The lowest BCUT2D eigenvalue weighted by molar-refractivity contribution is 0.0696. The Labute approximate surface area is 117 Å². The molecule has 20 heavy (non-hydrogen) atoms. The van der Waals surface area contributed by atoms with E-state index >= 15 is 0 Å². The summed E-state index contributed by atoms with van der Waals surface area (Å²) in [6, 6.07) is 14.5. The van der Waals surface area contributed by atoms with Crippen molar-refractivity contribution >= 4 is 5.97 Å². The molecule has 0 saturated heterocycles. The molecule has 0 aromatic heterocycles. The predicted molar refractivity (Wildman–Crippen MR) is 77.5 cm³/mol. The fourth-order valence-corrected chi connectivity index (χ4v) is 2.23. The zero-order valence-corrected chi connectivity index (χ0v) is 10.8. The van der Waals surface area contributed by atoms with Crippen molar-refractivity contribution in [2.75, 3.05) is 0 Å². The van der Waals surface area contributed by atoms with Crippen LogP contribution in [0.4, 0.5) is 0 Å². The molecule has 0 heterocycles. The topological polar surface area (TPSA) is 61.1 Å². The lowest BCUT2D eigenvalue weighted by atomic mass is 9.89. The summed E-state index contributed by atoms with van der Waals surface area (Å²) in [6.07, 6.45) is 2.05. The number of carbonyl (C=O) groups is 1. The Morgan fingerprint density at radius 3 is 2.50 bits per heavy atom. The van der Waals surface area contributed by atoms with Crippen molar-refractivity contribution < 1.29 is 9.90 Å². The normalized spacial score (nSPS) is 9.75. The first-order chi connectivity index (χ1) is 9.69. The molecular weight excluding hydrogens is 250 g/mol. The average Bonchev–Trinajstić information content (AvgIpc) is 2.47. The second-order valence-corrected chi connectivity index (χ2v) is 4.29. The Balaban J connectivity index is 2.81. The van der Waals surface area contributed by atoms with E-state index in [4.69, 9.17) is 0 Å². The number of hydrogen-bond acceptors (Lipinski definition) is 2. The van der Waals surface area contributed by atoms with Crippen molar-refractivity contribution in [3.05, 3.63) is 71.8 Å². The van der Waals surface area contributed by atoms with Crippen LogP contribution in [0.3, 0.4) is 0 Å². The summed E-state index contributed by atoms with van der Waals surface area (Å²) in [6.45, 7) is 3.67. The smallest absolute Gasteiger partial charge is 0.335 e. The summed E-state index contributed by atoms with van der Waals surface area (Å²) >= 11 is 0. The third-order valence-corrected chi connectivity index (χ3v) is 3.07. The lowest BCUT2D eigenvalue weighted by Gasteiger charge is -2.13. The number of rotatable bonds is 4. The van der Waals surface area contributed by atoms with Crippen LogP contribution in [0, 0.1) is 11.3 Å².